The van der Waals surface area contributed by atoms with Gasteiger partial charge >= 0.3 is 0 Å². The molecule has 22 heavy (non-hydrogen) atoms. The topological polar surface area (TPSA) is 67.6 Å². The SMILES string of the molecule is Cl.Cl.NC(C(=O)NCCCN1CCCCC1)C1CCOCC1. The summed E-state index contributed by atoms with van der Waals surface area (Å²) < 4.78 is 5.30. The Hall–Kier alpha value is -0.0700. The van der Waals surface area contributed by atoms with Crippen molar-refractivity contribution in [3.05, 3.63) is 0 Å². The van der Waals surface area contributed by atoms with Crippen molar-refractivity contribution in [2.24, 2.45) is 11.7 Å². The van der Waals surface area contributed by atoms with Crippen LogP contribution in [0.4, 0.5) is 0 Å². The van der Waals surface area contributed by atoms with Crippen LogP contribution in [-0.4, -0.2) is 56.2 Å². The molecule has 0 aromatic carbocycles. The van der Waals surface area contributed by atoms with Crippen molar-refractivity contribution < 1.29 is 9.53 Å². The standard InChI is InChI=1S/C15H29N3O2.2ClH/c16-14(13-5-11-20-12-6-13)15(19)17-7-4-10-18-8-2-1-3-9-18;;/h13-14H,1-12,16H2,(H,17,19);2*1H. The number of carbonyl (C=O) groups is 1. The Morgan fingerprint density at radius 1 is 1.18 bits per heavy atom. The van der Waals surface area contributed by atoms with E-state index in [1.807, 2.05) is 0 Å². The quantitative estimate of drug-likeness (QED) is 0.709. The number of piperidine rings is 1. The first-order chi connectivity index (χ1) is 9.77. The Labute approximate surface area is 146 Å². The summed E-state index contributed by atoms with van der Waals surface area (Å²) in [7, 11) is 0. The van der Waals surface area contributed by atoms with E-state index in [1.54, 1.807) is 0 Å². The first-order valence-electron chi connectivity index (χ1n) is 8.11. The monoisotopic (exact) mass is 355 g/mol. The van der Waals surface area contributed by atoms with Crippen LogP contribution in [0.2, 0.25) is 0 Å². The van der Waals surface area contributed by atoms with E-state index in [9.17, 15) is 4.79 Å². The van der Waals surface area contributed by atoms with Crippen molar-refractivity contribution in [1.82, 2.24) is 10.2 Å². The van der Waals surface area contributed by atoms with Crippen molar-refractivity contribution in [3.63, 3.8) is 0 Å². The third kappa shape index (κ3) is 7.47. The zero-order chi connectivity index (χ0) is 14.2. The van der Waals surface area contributed by atoms with Gasteiger partial charge < -0.3 is 20.7 Å². The van der Waals surface area contributed by atoms with Crippen LogP contribution in [-0.2, 0) is 9.53 Å². The molecule has 0 saturated carbocycles. The van der Waals surface area contributed by atoms with Gasteiger partial charge in [-0.1, -0.05) is 6.42 Å². The van der Waals surface area contributed by atoms with Crippen LogP contribution in [0.3, 0.4) is 0 Å². The van der Waals surface area contributed by atoms with Crippen molar-refractivity contribution >= 4 is 30.7 Å². The van der Waals surface area contributed by atoms with E-state index in [-0.39, 0.29) is 42.7 Å². The number of carbonyl (C=O) groups excluding carboxylic acids is 1. The molecule has 0 bridgehead atoms. The van der Waals surface area contributed by atoms with Gasteiger partial charge in [0.2, 0.25) is 5.91 Å². The van der Waals surface area contributed by atoms with E-state index in [0.29, 0.717) is 0 Å². The molecule has 132 valence electrons. The van der Waals surface area contributed by atoms with Crippen molar-refractivity contribution in [3.8, 4) is 0 Å². The maximum Gasteiger partial charge on any atom is 0.237 e. The normalized spacial score (nSPS) is 21.3. The van der Waals surface area contributed by atoms with E-state index in [4.69, 9.17) is 10.5 Å². The van der Waals surface area contributed by atoms with Crippen LogP contribution in [0.25, 0.3) is 0 Å². The maximum absolute atomic E-state index is 12.0. The molecule has 7 heteroatoms. The number of likely N-dealkylation sites (tertiary alicyclic amines) is 1. The zero-order valence-electron chi connectivity index (χ0n) is 13.3. The lowest BCUT2D eigenvalue weighted by Gasteiger charge is -2.27. The largest absolute Gasteiger partial charge is 0.381 e. The van der Waals surface area contributed by atoms with Crippen molar-refractivity contribution in [1.29, 1.82) is 0 Å². The van der Waals surface area contributed by atoms with E-state index >= 15 is 0 Å². The minimum Gasteiger partial charge on any atom is -0.381 e. The van der Waals surface area contributed by atoms with Crippen LogP contribution < -0.4 is 11.1 Å². The molecular formula is C15H31Cl2N3O2. The molecule has 1 amide bonds. The number of rotatable bonds is 6. The summed E-state index contributed by atoms with van der Waals surface area (Å²) in [5.41, 5.74) is 6.04. The highest BCUT2D eigenvalue weighted by Crippen LogP contribution is 2.17. The predicted octanol–water partition coefficient (Wildman–Crippen LogP) is 1.58. The fraction of sp³-hybridized carbons (Fsp3) is 0.933. The highest BCUT2D eigenvalue weighted by molar-refractivity contribution is 5.85. The Balaban J connectivity index is 0.00000220. The predicted molar refractivity (Wildman–Crippen MR) is 93.9 cm³/mol. The molecule has 0 aliphatic carbocycles. The molecule has 2 fully saturated rings. The maximum atomic E-state index is 12.0. The summed E-state index contributed by atoms with van der Waals surface area (Å²) in [6.45, 7) is 5.74. The van der Waals surface area contributed by atoms with E-state index in [2.05, 4.69) is 10.2 Å². The third-order valence-electron chi connectivity index (χ3n) is 4.48. The minimum absolute atomic E-state index is 0. The summed E-state index contributed by atoms with van der Waals surface area (Å²) in [6, 6.07) is -0.367. The number of nitrogens with zero attached hydrogens (tertiary/aromatic N) is 1. The summed E-state index contributed by atoms with van der Waals surface area (Å²) >= 11 is 0. The number of nitrogens with two attached hydrogens (primary N) is 1. The van der Waals surface area contributed by atoms with Crippen LogP contribution >= 0.6 is 24.8 Å². The third-order valence-corrected chi connectivity index (χ3v) is 4.48. The molecule has 2 aliphatic heterocycles. The fourth-order valence-electron chi connectivity index (χ4n) is 3.10. The van der Waals surface area contributed by atoms with Crippen molar-refractivity contribution in [2.45, 2.75) is 44.6 Å². The average Bonchev–Trinajstić information content (AvgIpc) is 2.52. The first kappa shape index (κ1) is 21.9. The Kier molecular flexibility index (Phi) is 12.3. The lowest BCUT2D eigenvalue weighted by Crippen LogP contribution is -2.47. The van der Waals surface area contributed by atoms with Crippen LogP contribution in [0.1, 0.15) is 38.5 Å². The molecule has 5 nitrogen and oxygen atoms in total. The highest BCUT2D eigenvalue weighted by Gasteiger charge is 2.26. The molecular weight excluding hydrogens is 325 g/mol. The summed E-state index contributed by atoms with van der Waals surface area (Å²) in [4.78, 5) is 14.5. The number of amides is 1. The summed E-state index contributed by atoms with van der Waals surface area (Å²) in [6.07, 6.45) is 6.84. The molecule has 2 aliphatic rings. The van der Waals surface area contributed by atoms with Gasteiger partial charge in [-0.15, -0.1) is 24.8 Å². The Bertz CT molecular complexity index is 297. The molecule has 0 radical (unpaired) electrons. The number of hydrogen-bond acceptors (Lipinski definition) is 4. The second kappa shape index (κ2) is 12.4. The van der Waals surface area contributed by atoms with Gasteiger partial charge in [0.1, 0.15) is 0 Å². The van der Waals surface area contributed by atoms with Crippen LogP contribution in [0.5, 0.6) is 0 Å². The smallest absolute Gasteiger partial charge is 0.237 e. The lowest BCUT2D eigenvalue weighted by atomic mass is 9.92. The lowest BCUT2D eigenvalue weighted by molar-refractivity contribution is -0.124. The van der Waals surface area contributed by atoms with Gasteiger partial charge in [0, 0.05) is 19.8 Å². The second-order valence-corrected chi connectivity index (χ2v) is 6.02. The molecule has 0 spiro atoms. The molecule has 0 aromatic rings. The first-order valence-corrected chi connectivity index (χ1v) is 8.11. The van der Waals surface area contributed by atoms with Gasteiger partial charge in [-0.05, 0) is 57.7 Å². The average molecular weight is 356 g/mol. The molecule has 1 atom stereocenters. The summed E-state index contributed by atoms with van der Waals surface area (Å²) in [5.74, 6) is 0.293. The fourth-order valence-corrected chi connectivity index (χ4v) is 3.10. The van der Waals surface area contributed by atoms with Crippen LogP contribution in [0.15, 0.2) is 0 Å². The van der Waals surface area contributed by atoms with Gasteiger partial charge in [-0.25, -0.2) is 0 Å². The number of nitrogens with one attached hydrogen (secondary N) is 1. The molecule has 2 rings (SSSR count). The number of hydrogen-bond donors (Lipinski definition) is 2. The minimum atomic E-state index is -0.367. The van der Waals surface area contributed by atoms with Gasteiger partial charge in [0.05, 0.1) is 6.04 Å². The van der Waals surface area contributed by atoms with E-state index in [0.717, 1.165) is 45.6 Å². The van der Waals surface area contributed by atoms with E-state index < -0.39 is 0 Å². The van der Waals surface area contributed by atoms with Gasteiger partial charge in [-0.2, -0.15) is 0 Å². The molecule has 0 aromatic heterocycles. The van der Waals surface area contributed by atoms with Crippen molar-refractivity contribution in [2.75, 3.05) is 39.4 Å². The molecule has 3 N–H and O–H groups in total. The van der Waals surface area contributed by atoms with Gasteiger partial charge in [0.15, 0.2) is 0 Å². The van der Waals surface area contributed by atoms with Gasteiger partial charge in [-0.3, -0.25) is 4.79 Å². The van der Waals surface area contributed by atoms with Crippen LogP contribution in [0, 0.1) is 5.92 Å². The number of halogens is 2. The van der Waals surface area contributed by atoms with Gasteiger partial charge in [0.25, 0.3) is 0 Å². The molecule has 2 heterocycles. The highest BCUT2D eigenvalue weighted by atomic mass is 35.5. The summed E-state index contributed by atoms with van der Waals surface area (Å²) in [5, 5.41) is 2.99. The zero-order valence-corrected chi connectivity index (χ0v) is 14.9. The molecule has 2 saturated heterocycles. The number of ether oxygens (including phenoxy) is 1. The Morgan fingerprint density at radius 3 is 2.45 bits per heavy atom. The molecule has 1 unspecified atom stereocenters. The second-order valence-electron chi connectivity index (χ2n) is 6.02. The Morgan fingerprint density at radius 2 is 1.82 bits per heavy atom. The van der Waals surface area contributed by atoms with E-state index in [1.165, 1.54) is 32.4 Å².